The average Bonchev–Trinajstić information content (AvgIpc) is 2.88. The van der Waals surface area contributed by atoms with Crippen LogP contribution in [0.25, 0.3) is 0 Å². The molecule has 0 aromatic carbocycles. The highest BCUT2D eigenvalue weighted by atomic mass is 16.3. The van der Waals surface area contributed by atoms with Gasteiger partial charge < -0.3 is 15.3 Å². The molecule has 0 aliphatic carbocycles. The van der Waals surface area contributed by atoms with Crippen molar-refractivity contribution in [3.05, 3.63) is 0 Å². The molecule has 17 heavy (non-hydrogen) atoms. The number of aliphatic hydroxyl groups excluding tert-OH is 1. The number of aliphatic hydroxyl groups is 1. The van der Waals surface area contributed by atoms with Crippen LogP contribution in [0.3, 0.4) is 0 Å². The number of hydrogen-bond acceptors (Lipinski definition) is 3. The molecule has 98 valence electrons. The summed E-state index contributed by atoms with van der Waals surface area (Å²) in [4.78, 5) is 14.6. The molecule has 4 nitrogen and oxygen atoms in total. The van der Waals surface area contributed by atoms with E-state index in [0.29, 0.717) is 5.91 Å². The molecule has 2 unspecified atom stereocenters. The zero-order valence-corrected chi connectivity index (χ0v) is 10.7. The summed E-state index contributed by atoms with van der Waals surface area (Å²) < 4.78 is 0. The molecule has 2 aliphatic heterocycles. The summed E-state index contributed by atoms with van der Waals surface area (Å²) in [6.07, 6.45) is 3.96. The summed E-state index contributed by atoms with van der Waals surface area (Å²) in [6.45, 7) is 5.72. The van der Waals surface area contributed by atoms with Gasteiger partial charge in [0.25, 0.3) is 0 Å². The monoisotopic (exact) mass is 240 g/mol. The van der Waals surface area contributed by atoms with E-state index in [-0.39, 0.29) is 17.9 Å². The molecule has 2 heterocycles. The summed E-state index contributed by atoms with van der Waals surface area (Å²) in [7, 11) is 0. The number of hydrogen-bond donors (Lipinski definition) is 2. The Morgan fingerprint density at radius 3 is 3.00 bits per heavy atom. The Kier molecular flexibility index (Phi) is 4.05. The van der Waals surface area contributed by atoms with E-state index in [9.17, 15) is 9.90 Å². The van der Waals surface area contributed by atoms with Crippen LogP contribution in [0.1, 0.15) is 32.6 Å². The van der Waals surface area contributed by atoms with Crippen molar-refractivity contribution in [3.63, 3.8) is 0 Å². The van der Waals surface area contributed by atoms with Gasteiger partial charge in [-0.05, 0) is 38.1 Å². The fourth-order valence-electron chi connectivity index (χ4n) is 3.11. The molecule has 0 aromatic rings. The summed E-state index contributed by atoms with van der Waals surface area (Å²) >= 11 is 0. The molecule has 2 aliphatic rings. The Hall–Kier alpha value is -0.610. The van der Waals surface area contributed by atoms with Crippen molar-refractivity contribution in [1.29, 1.82) is 0 Å². The number of carbonyl (C=O) groups excluding carboxylic acids is 1. The largest absolute Gasteiger partial charge is 0.396 e. The van der Waals surface area contributed by atoms with Crippen molar-refractivity contribution in [3.8, 4) is 0 Å². The van der Waals surface area contributed by atoms with Gasteiger partial charge in [0.2, 0.25) is 5.91 Å². The van der Waals surface area contributed by atoms with Crippen LogP contribution < -0.4 is 5.32 Å². The first-order valence-electron chi connectivity index (χ1n) is 6.83. The minimum Gasteiger partial charge on any atom is -0.396 e. The number of likely N-dealkylation sites (tertiary alicyclic amines) is 1. The Labute approximate surface area is 103 Å². The topological polar surface area (TPSA) is 52.6 Å². The van der Waals surface area contributed by atoms with Gasteiger partial charge in [-0.1, -0.05) is 6.92 Å². The van der Waals surface area contributed by atoms with E-state index in [1.165, 1.54) is 0 Å². The van der Waals surface area contributed by atoms with E-state index in [4.69, 9.17) is 0 Å². The van der Waals surface area contributed by atoms with Gasteiger partial charge in [-0.2, -0.15) is 0 Å². The lowest BCUT2D eigenvalue weighted by Gasteiger charge is -2.38. The fourth-order valence-corrected chi connectivity index (χ4v) is 3.11. The molecular formula is C13H24N2O2. The van der Waals surface area contributed by atoms with E-state index in [0.717, 1.165) is 51.9 Å². The standard InChI is InChI=1S/C13H24N2O2/c1-2-13(5-6-14-10-13)12(17)15-7-3-4-11(8-15)9-16/h11,14,16H,2-10H2,1H3. The average molecular weight is 240 g/mol. The second-order valence-electron chi connectivity index (χ2n) is 5.50. The summed E-state index contributed by atoms with van der Waals surface area (Å²) in [5.41, 5.74) is -0.169. The van der Waals surface area contributed by atoms with Crippen LogP contribution in [-0.2, 0) is 4.79 Å². The number of nitrogens with one attached hydrogen (secondary N) is 1. The first-order valence-corrected chi connectivity index (χ1v) is 6.83. The summed E-state index contributed by atoms with van der Waals surface area (Å²) in [5.74, 6) is 0.596. The number of amides is 1. The lowest BCUT2D eigenvalue weighted by atomic mass is 9.82. The van der Waals surface area contributed by atoms with Crippen LogP contribution in [0, 0.1) is 11.3 Å². The highest BCUT2D eigenvalue weighted by Crippen LogP contribution is 2.33. The lowest BCUT2D eigenvalue weighted by Crippen LogP contribution is -2.49. The van der Waals surface area contributed by atoms with Gasteiger partial charge in [0, 0.05) is 26.2 Å². The molecule has 0 spiro atoms. The molecule has 2 fully saturated rings. The second-order valence-corrected chi connectivity index (χ2v) is 5.50. The molecule has 2 saturated heterocycles. The zero-order valence-electron chi connectivity index (χ0n) is 10.7. The van der Waals surface area contributed by atoms with Crippen molar-refractivity contribution in [2.75, 3.05) is 32.8 Å². The van der Waals surface area contributed by atoms with Crippen molar-refractivity contribution in [2.24, 2.45) is 11.3 Å². The van der Waals surface area contributed by atoms with E-state index >= 15 is 0 Å². The Balaban J connectivity index is 2.03. The molecule has 0 saturated carbocycles. The Bertz CT molecular complexity index is 275. The molecule has 4 heteroatoms. The van der Waals surface area contributed by atoms with E-state index in [1.54, 1.807) is 0 Å². The smallest absolute Gasteiger partial charge is 0.230 e. The zero-order chi connectivity index (χ0) is 12.3. The van der Waals surface area contributed by atoms with E-state index in [2.05, 4.69) is 12.2 Å². The lowest BCUT2D eigenvalue weighted by molar-refractivity contribution is -0.143. The van der Waals surface area contributed by atoms with Crippen molar-refractivity contribution >= 4 is 5.91 Å². The Morgan fingerprint density at radius 2 is 2.41 bits per heavy atom. The molecule has 0 radical (unpaired) electrons. The molecule has 2 atom stereocenters. The number of rotatable bonds is 3. The van der Waals surface area contributed by atoms with Crippen molar-refractivity contribution in [2.45, 2.75) is 32.6 Å². The van der Waals surface area contributed by atoms with Gasteiger partial charge >= 0.3 is 0 Å². The van der Waals surface area contributed by atoms with Gasteiger partial charge in [0.15, 0.2) is 0 Å². The van der Waals surface area contributed by atoms with Gasteiger partial charge in [0.05, 0.1) is 5.41 Å². The predicted molar refractivity (Wildman–Crippen MR) is 66.6 cm³/mol. The third-order valence-electron chi connectivity index (χ3n) is 4.44. The van der Waals surface area contributed by atoms with Crippen LogP contribution in [0.15, 0.2) is 0 Å². The maximum atomic E-state index is 12.6. The van der Waals surface area contributed by atoms with Gasteiger partial charge in [-0.25, -0.2) is 0 Å². The first kappa shape index (κ1) is 12.8. The molecule has 2 rings (SSSR count). The maximum absolute atomic E-state index is 12.6. The highest BCUT2D eigenvalue weighted by Gasteiger charge is 2.42. The molecular weight excluding hydrogens is 216 g/mol. The van der Waals surface area contributed by atoms with Crippen molar-refractivity contribution < 1.29 is 9.90 Å². The highest BCUT2D eigenvalue weighted by molar-refractivity contribution is 5.83. The van der Waals surface area contributed by atoms with Crippen LogP contribution in [0.5, 0.6) is 0 Å². The minimum absolute atomic E-state index is 0.169. The van der Waals surface area contributed by atoms with Crippen molar-refractivity contribution in [1.82, 2.24) is 10.2 Å². The number of piperidine rings is 1. The second kappa shape index (κ2) is 5.36. The predicted octanol–water partition coefficient (Wildman–Crippen LogP) is 0.607. The summed E-state index contributed by atoms with van der Waals surface area (Å²) in [5, 5.41) is 12.5. The Morgan fingerprint density at radius 1 is 1.59 bits per heavy atom. The quantitative estimate of drug-likeness (QED) is 0.760. The van der Waals surface area contributed by atoms with Crippen LogP contribution in [-0.4, -0.2) is 48.7 Å². The minimum atomic E-state index is -0.169. The van der Waals surface area contributed by atoms with E-state index < -0.39 is 0 Å². The van der Waals surface area contributed by atoms with Gasteiger partial charge in [-0.3, -0.25) is 4.79 Å². The number of carbonyl (C=O) groups is 1. The first-order chi connectivity index (χ1) is 8.22. The van der Waals surface area contributed by atoms with Gasteiger partial charge in [-0.15, -0.1) is 0 Å². The van der Waals surface area contributed by atoms with Gasteiger partial charge in [0.1, 0.15) is 0 Å². The summed E-state index contributed by atoms with van der Waals surface area (Å²) in [6, 6.07) is 0. The van der Waals surface area contributed by atoms with Crippen LogP contribution in [0.2, 0.25) is 0 Å². The van der Waals surface area contributed by atoms with Crippen LogP contribution in [0.4, 0.5) is 0 Å². The third kappa shape index (κ3) is 2.47. The normalized spacial score (nSPS) is 34.0. The molecule has 0 bridgehead atoms. The molecule has 2 N–H and O–H groups in total. The number of nitrogens with zero attached hydrogens (tertiary/aromatic N) is 1. The fraction of sp³-hybridized carbons (Fsp3) is 0.923. The third-order valence-corrected chi connectivity index (χ3v) is 4.44. The molecule has 1 amide bonds. The van der Waals surface area contributed by atoms with E-state index in [1.807, 2.05) is 4.90 Å². The SMILES string of the molecule is CCC1(C(=O)N2CCCC(CO)C2)CCNC1. The van der Waals surface area contributed by atoms with Crippen LogP contribution >= 0.6 is 0 Å². The maximum Gasteiger partial charge on any atom is 0.230 e. The molecule has 0 aromatic heterocycles.